The zero-order valence-electron chi connectivity index (χ0n) is 12.3. The maximum atomic E-state index is 5.46. The molecule has 1 fully saturated rings. The van der Waals surface area contributed by atoms with Crippen molar-refractivity contribution >= 4 is 15.9 Å². The lowest BCUT2D eigenvalue weighted by molar-refractivity contribution is 0.407. The monoisotopic (exact) mass is 324 g/mol. The summed E-state index contributed by atoms with van der Waals surface area (Å²) in [5, 5.41) is 0. The Balaban J connectivity index is 2.20. The van der Waals surface area contributed by atoms with Gasteiger partial charge in [0.25, 0.3) is 0 Å². The van der Waals surface area contributed by atoms with Gasteiger partial charge in [0.1, 0.15) is 5.75 Å². The highest BCUT2D eigenvalue weighted by Crippen LogP contribution is 2.41. The molecule has 0 saturated heterocycles. The van der Waals surface area contributed by atoms with Crippen molar-refractivity contribution in [1.82, 2.24) is 0 Å². The van der Waals surface area contributed by atoms with Crippen molar-refractivity contribution in [1.29, 1.82) is 0 Å². The van der Waals surface area contributed by atoms with Crippen LogP contribution in [-0.4, -0.2) is 7.11 Å². The van der Waals surface area contributed by atoms with E-state index >= 15 is 0 Å². The first-order valence-electron chi connectivity index (χ1n) is 7.42. The van der Waals surface area contributed by atoms with Gasteiger partial charge in [0.05, 0.1) is 7.11 Å². The summed E-state index contributed by atoms with van der Waals surface area (Å²) in [4.78, 5) is 0.494. The Labute approximate surface area is 125 Å². The molecule has 1 aromatic rings. The number of methoxy groups -OCH3 is 1. The molecule has 0 aromatic heterocycles. The third kappa shape index (κ3) is 3.53. The molecule has 1 atom stereocenters. The Morgan fingerprint density at radius 1 is 1.05 bits per heavy atom. The van der Waals surface area contributed by atoms with Gasteiger partial charge in [0.15, 0.2) is 0 Å². The van der Waals surface area contributed by atoms with Crippen LogP contribution in [0.5, 0.6) is 5.75 Å². The van der Waals surface area contributed by atoms with Crippen molar-refractivity contribution in [3.63, 3.8) is 0 Å². The molecule has 1 saturated carbocycles. The van der Waals surface area contributed by atoms with Crippen molar-refractivity contribution in [2.75, 3.05) is 7.11 Å². The van der Waals surface area contributed by atoms with Gasteiger partial charge in [-0.25, -0.2) is 0 Å². The molecule has 1 nitrogen and oxygen atoms in total. The fourth-order valence-corrected chi connectivity index (χ4v) is 4.13. The Kier molecular flexibility index (Phi) is 5.32. The van der Waals surface area contributed by atoms with Gasteiger partial charge in [-0.2, -0.15) is 0 Å². The minimum atomic E-state index is 0.494. The number of alkyl halides is 1. The standard InChI is InChI=1S/C17H25BrO/c1-12-10-15(11-13(2)17(12)19-3)16(18)14-8-6-4-5-7-9-14/h10-11,14,16H,4-9H2,1-3H3. The van der Waals surface area contributed by atoms with E-state index in [9.17, 15) is 0 Å². The maximum Gasteiger partial charge on any atom is 0.124 e. The largest absolute Gasteiger partial charge is 0.496 e. The molecule has 2 heteroatoms. The summed E-state index contributed by atoms with van der Waals surface area (Å²) in [6.07, 6.45) is 8.33. The van der Waals surface area contributed by atoms with Gasteiger partial charge >= 0.3 is 0 Å². The summed E-state index contributed by atoms with van der Waals surface area (Å²) in [7, 11) is 1.76. The fraction of sp³-hybridized carbons (Fsp3) is 0.647. The summed E-state index contributed by atoms with van der Waals surface area (Å²) < 4.78 is 5.46. The maximum absolute atomic E-state index is 5.46. The predicted molar refractivity (Wildman–Crippen MR) is 85.3 cm³/mol. The predicted octanol–water partition coefficient (Wildman–Crippen LogP) is 5.72. The highest BCUT2D eigenvalue weighted by Gasteiger charge is 2.22. The zero-order chi connectivity index (χ0) is 13.8. The Morgan fingerprint density at radius 2 is 1.58 bits per heavy atom. The van der Waals surface area contributed by atoms with Crippen LogP contribution in [0.4, 0.5) is 0 Å². The summed E-state index contributed by atoms with van der Waals surface area (Å²) in [5.41, 5.74) is 3.91. The molecular weight excluding hydrogens is 300 g/mol. The summed E-state index contributed by atoms with van der Waals surface area (Å²) in [5.74, 6) is 1.82. The number of halogens is 1. The number of ether oxygens (including phenoxy) is 1. The van der Waals surface area contributed by atoms with Crippen LogP contribution in [0.15, 0.2) is 12.1 Å². The summed E-state index contributed by atoms with van der Waals surface area (Å²) >= 11 is 3.96. The molecule has 0 radical (unpaired) electrons. The first-order chi connectivity index (χ1) is 9.13. The molecule has 0 bridgehead atoms. The molecule has 1 aromatic carbocycles. The molecule has 1 aliphatic rings. The van der Waals surface area contributed by atoms with E-state index in [0.717, 1.165) is 11.7 Å². The Morgan fingerprint density at radius 3 is 2.05 bits per heavy atom. The first-order valence-corrected chi connectivity index (χ1v) is 8.34. The highest BCUT2D eigenvalue weighted by atomic mass is 79.9. The second kappa shape index (κ2) is 6.78. The van der Waals surface area contributed by atoms with E-state index in [1.165, 1.54) is 55.2 Å². The van der Waals surface area contributed by atoms with Gasteiger partial charge in [-0.05, 0) is 49.3 Å². The molecule has 2 rings (SSSR count). The average molecular weight is 325 g/mol. The third-order valence-electron chi connectivity index (χ3n) is 4.32. The molecule has 0 N–H and O–H groups in total. The molecule has 0 spiro atoms. The van der Waals surface area contributed by atoms with E-state index in [-0.39, 0.29) is 0 Å². The normalized spacial score (nSPS) is 18.9. The van der Waals surface area contributed by atoms with E-state index < -0.39 is 0 Å². The van der Waals surface area contributed by atoms with E-state index in [4.69, 9.17) is 4.74 Å². The van der Waals surface area contributed by atoms with Crippen LogP contribution in [0.2, 0.25) is 0 Å². The number of hydrogen-bond acceptors (Lipinski definition) is 1. The number of aryl methyl sites for hydroxylation is 2. The van der Waals surface area contributed by atoms with Crippen molar-refractivity contribution in [2.45, 2.75) is 57.2 Å². The van der Waals surface area contributed by atoms with E-state index in [1.807, 2.05) is 0 Å². The molecule has 0 aliphatic heterocycles. The second-order valence-corrected chi connectivity index (χ2v) is 6.83. The molecular formula is C17H25BrO. The highest BCUT2D eigenvalue weighted by molar-refractivity contribution is 9.09. The van der Waals surface area contributed by atoms with E-state index in [2.05, 4.69) is 41.9 Å². The fourth-order valence-electron chi connectivity index (χ4n) is 3.34. The van der Waals surface area contributed by atoms with Crippen molar-refractivity contribution in [2.24, 2.45) is 5.92 Å². The number of hydrogen-bond donors (Lipinski definition) is 0. The smallest absolute Gasteiger partial charge is 0.124 e. The van der Waals surface area contributed by atoms with E-state index in [0.29, 0.717) is 4.83 Å². The Hall–Kier alpha value is -0.500. The average Bonchev–Trinajstić information content (AvgIpc) is 2.66. The minimum absolute atomic E-state index is 0.494. The van der Waals surface area contributed by atoms with Gasteiger partial charge < -0.3 is 4.74 Å². The lowest BCUT2D eigenvalue weighted by Crippen LogP contribution is -2.07. The van der Waals surface area contributed by atoms with Crippen LogP contribution in [0.25, 0.3) is 0 Å². The quantitative estimate of drug-likeness (QED) is 0.510. The molecule has 0 heterocycles. The lowest BCUT2D eigenvalue weighted by Gasteiger charge is -2.23. The van der Waals surface area contributed by atoms with Crippen LogP contribution >= 0.6 is 15.9 Å². The molecule has 19 heavy (non-hydrogen) atoms. The Bertz CT molecular complexity index is 396. The molecule has 0 amide bonds. The van der Waals surface area contributed by atoms with Crippen LogP contribution < -0.4 is 4.74 Å². The van der Waals surface area contributed by atoms with Crippen LogP contribution in [-0.2, 0) is 0 Å². The van der Waals surface area contributed by atoms with E-state index in [1.54, 1.807) is 7.11 Å². The van der Waals surface area contributed by atoms with Gasteiger partial charge in [-0.15, -0.1) is 0 Å². The third-order valence-corrected chi connectivity index (χ3v) is 5.60. The molecule has 106 valence electrons. The first kappa shape index (κ1) is 14.9. The summed E-state index contributed by atoms with van der Waals surface area (Å²) in [6, 6.07) is 4.58. The van der Waals surface area contributed by atoms with Gasteiger partial charge in [0.2, 0.25) is 0 Å². The number of benzene rings is 1. The van der Waals surface area contributed by atoms with Crippen LogP contribution in [0, 0.1) is 19.8 Å². The van der Waals surface area contributed by atoms with Gasteiger partial charge in [-0.3, -0.25) is 0 Å². The van der Waals surface area contributed by atoms with Crippen LogP contribution in [0.3, 0.4) is 0 Å². The van der Waals surface area contributed by atoms with Crippen molar-refractivity contribution in [3.05, 3.63) is 28.8 Å². The molecule has 1 unspecified atom stereocenters. The topological polar surface area (TPSA) is 9.23 Å². The second-order valence-electron chi connectivity index (χ2n) is 5.84. The zero-order valence-corrected chi connectivity index (χ0v) is 13.9. The van der Waals surface area contributed by atoms with Crippen molar-refractivity contribution < 1.29 is 4.74 Å². The van der Waals surface area contributed by atoms with Crippen LogP contribution in [0.1, 0.15) is 60.0 Å². The van der Waals surface area contributed by atoms with Gasteiger partial charge in [0, 0.05) is 4.83 Å². The number of rotatable bonds is 3. The van der Waals surface area contributed by atoms with Crippen molar-refractivity contribution in [3.8, 4) is 5.75 Å². The minimum Gasteiger partial charge on any atom is -0.496 e. The lowest BCUT2D eigenvalue weighted by atomic mass is 9.90. The SMILES string of the molecule is COc1c(C)cc(C(Br)C2CCCCCC2)cc1C. The summed E-state index contributed by atoms with van der Waals surface area (Å²) in [6.45, 7) is 4.28. The van der Waals surface area contributed by atoms with Gasteiger partial charge in [-0.1, -0.05) is 53.7 Å². The molecule has 1 aliphatic carbocycles.